The van der Waals surface area contributed by atoms with Crippen molar-refractivity contribution in [1.29, 1.82) is 0 Å². The van der Waals surface area contributed by atoms with E-state index in [4.69, 9.17) is 10.5 Å². The minimum Gasteiger partial charge on any atom is -0.494 e. The fourth-order valence-electron chi connectivity index (χ4n) is 1.58. The Balaban J connectivity index is 2.76. The summed E-state index contributed by atoms with van der Waals surface area (Å²) in [6, 6.07) is 4.99. The van der Waals surface area contributed by atoms with Gasteiger partial charge in [0.2, 0.25) is 5.91 Å². The number of hydrogen-bond donors (Lipinski definition) is 3. The van der Waals surface area contributed by atoms with E-state index in [9.17, 15) is 9.90 Å². The molecule has 1 atom stereocenters. The molecule has 5 heteroatoms. The third-order valence-electron chi connectivity index (χ3n) is 2.32. The van der Waals surface area contributed by atoms with Gasteiger partial charge in [0.1, 0.15) is 5.75 Å². The van der Waals surface area contributed by atoms with E-state index >= 15 is 0 Å². The van der Waals surface area contributed by atoms with Crippen LogP contribution in [-0.2, 0) is 11.4 Å². The molecule has 0 aromatic heterocycles. The molecule has 1 aromatic rings. The molecule has 0 aliphatic heterocycles. The number of aliphatic hydroxyl groups excluding tert-OH is 1. The van der Waals surface area contributed by atoms with Crippen molar-refractivity contribution in [2.75, 3.05) is 11.9 Å². The Hall–Kier alpha value is -1.59. The molecule has 1 unspecified atom stereocenters. The Kier molecular flexibility index (Phi) is 5.61. The highest BCUT2D eigenvalue weighted by atomic mass is 16.5. The number of rotatable bonds is 6. The maximum absolute atomic E-state index is 11.5. The third kappa shape index (κ3) is 4.35. The van der Waals surface area contributed by atoms with E-state index in [0.29, 0.717) is 23.6 Å². The number of carbonyl (C=O) groups excluding carboxylic acids is 1. The van der Waals surface area contributed by atoms with E-state index < -0.39 is 0 Å². The molecule has 0 radical (unpaired) electrons. The van der Waals surface area contributed by atoms with Crippen LogP contribution in [0, 0.1) is 0 Å². The van der Waals surface area contributed by atoms with Crippen LogP contribution < -0.4 is 15.8 Å². The Morgan fingerprint density at radius 2 is 2.28 bits per heavy atom. The molecule has 0 heterocycles. The molecule has 4 N–H and O–H groups in total. The number of aliphatic hydroxyl groups is 1. The van der Waals surface area contributed by atoms with Crippen molar-refractivity contribution in [3.63, 3.8) is 0 Å². The van der Waals surface area contributed by atoms with Crippen LogP contribution in [0.4, 0.5) is 5.69 Å². The van der Waals surface area contributed by atoms with Crippen LogP contribution in [0.3, 0.4) is 0 Å². The number of nitrogens with one attached hydrogen (secondary N) is 1. The van der Waals surface area contributed by atoms with Crippen molar-refractivity contribution >= 4 is 11.6 Å². The molecule has 100 valence electrons. The number of hydrogen-bond acceptors (Lipinski definition) is 4. The molecule has 0 spiro atoms. The fraction of sp³-hybridized carbons (Fsp3) is 0.462. The highest BCUT2D eigenvalue weighted by Gasteiger charge is 2.08. The molecule has 5 nitrogen and oxygen atoms in total. The van der Waals surface area contributed by atoms with Gasteiger partial charge in [0.15, 0.2) is 0 Å². The van der Waals surface area contributed by atoms with Crippen LogP contribution >= 0.6 is 0 Å². The van der Waals surface area contributed by atoms with Gasteiger partial charge in [0.25, 0.3) is 0 Å². The summed E-state index contributed by atoms with van der Waals surface area (Å²) < 4.78 is 5.36. The Morgan fingerprint density at radius 3 is 2.83 bits per heavy atom. The molecule has 0 saturated carbocycles. The number of carbonyl (C=O) groups is 1. The molecule has 1 amide bonds. The van der Waals surface area contributed by atoms with E-state index in [1.165, 1.54) is 0 Å². The van der Waals surface area contributed by atoms with Gasteiger partial charge >= 0.3 is 0 Å². The number of nitrogens with two attached hydrogens (primary N) is 1. The summed E-state index contributed by atoms with van der Waals surface area (Å²) in [7, 11) is 0. The van der Waals surface area contributed by atoms with E-state index in [1.807, 2.05) is 6.92 Å². The van der Waals surface area contributed by atoms with Crippen molar-refractivity contribution in [2.45, 2.75) is 32.9 Å². The maximum Gasteiger partial charge on any atom is 0.225 e. The first-order valence-electron chi connectivity index (χ1n) is 5.98. The number of benzene rings is 1. The molecular weight excluding hydrogens is 232 g/mol. The lowest BCUT2D eigenvalue weighted by Gasteiger charge is -2.12. The smallest absolute Gasteiger partial charge is 0.225 e. The van der Waals surface area contributed by atoms with Gasteiger partial charge in [-0.15, -0.1) is 0 Å². The summed E-state index contributed by atoms with van der Waals surface area (Å²) in [6.07, 6.45) is 0.266. The lowest BCUT2D eigenvalue weighted by Crippen LogP contribution is -2.24. The van der Waals surface area contributed by atoms with Gasteiger partial charge in [-0.05, 0) is 32.0 Å². The topological polar surface area (TPSA) is 84.6 Å². The van der Waals surface area contributed by atoms with Gasteiger partial charge in [0.05, 0.1) is 13.2 Å². The first-order chi connectivity index (χ1) is 8.56. The monoisotopic (exact) mass is 252 g/mol. The minimum atomic E-state index is -0.176. The van der Waals surface area contributed by atoms with Crippen molar-refractivity contribution in [2.24, 2.45) is 5.73 Å². The molecule has 1 rings (SSSR count). The molecule has 0 saturated heterocycles. The van der Waals surface area contributed by atoms with Crippen LogP contribution in [-0.4, -0.2) is 23.7 Å². The van der Waals surface area contributed by atoms with Crippen LogP contribution in [0.5, 0.6) is 5.75 Å². The lowest BCUT2D eigenvalue weighted by molar-refractivity contribution is -0.116. The van der Waals surface area contributed by atoms with E-state index in [-0.39, 0.29) is 25.0 Å². The number of amides is 1. The third-order valence-corrected chi connectivity index (χ3v) is 2.32. The average molecular weight is 252 g/mol. The zero-order valence-electron chi connectivity index (χ0n) is 10.8. The van der Waals surface area contributed by atoms with Gasteiger partial charge < -0.3 is 20.9 Å². The number of anilines is 1. The minimum absolute atomic E-state index is 0.133. The number of ether oxygens (including phenoxy) is 1. The van der Waals surface area contributed by atoms with Crippen LogP contribution in [0.2, 0.25) is 0 Å². The van der Waals surface area contributed by atoms with Crippen molar-refractivity contribution < 1.29 is 14.6 Å². The highest BCUT2D eigenvalue weighted by molar-refractivity contribution is 5.91. The van der Waals surface area contributed by atoms with Crippen LogP contribution in [0.15, 0.2) is 18.2 Å². The van der Waals surface area contributed by atoms with E-state index in [0.717, 1.165) is 0 Å². The molecule has 0 aliphatic rings. The second-order valence-electron chi connectivity index (χ2n) is 4.14. The molecule has 1 aromatic carbocycles. The zero-order chi connectivity index (χ0) is 13.5. The predicted molar refractivity (Wildman–Crippen MR) is 70.4 cm³/mol. The lowest BCUT2D eigenvalue weighted by atomic mass is 10.1. The summed E-state index contributed by atoms with van der Waals surface area (Å²) in [6.45, 7) is 4.05. The Labute approximate surface area is 107 Å². The fourth-order valence-corrected chi connectivity index (χ4v) is 1.58. The van der Waals surface area contributed by atoms with Gasteiger partial charge in [-0.25, -0.2) is 0 Å². The summed E-state index contributed by atoms with van der Waals surface area (Å²) in [5.41, 5.74) is 6.83. The van der Waals surface area contributed by atoms with E-state index in [2.05, 4.69) is 5.32 Å². The zero-order valence-corrected chi connectivity index (χ0v) is 10.8. The van der Waals surface area contributed by atoms with Crippen molar-refractivity contribution in [3.05, 3.63) is 23.8 Å². The molecular formula is C13H20N2O3. The molecule has 0 aliphatic carbocycles. The summed E-state index contributed by atoms with van der Waals surface area (Å²) in [4.78, 5) is 11.5. The summed E-state index contributed by atoms with van der Waals surface area (Å²) >= 11 is 0. The average Bonchev–Trinajstić information content (AvgIpc) is 2.30. The van der Waals surface area contributed by atoms with E-state index in [1.54, 1.807) is 25.1 Å². The Morgan fingerprint density at radius 1 is 1.56 bits per heavy atom. The second kappa shape index (κ2) is 6.98. The second-order valence-corrected chi connectivity index (χ2v) is 4.14. The normalized spacial score (nSPS) is 12.0. The van der Waals surface area contributed by atoms with Crippen molar-refractivity contribution in [3.8, 4) is 5.75 Å². The van der Waals surface area contributed by atoms with Crippen LogP contribution in [0.1, 0.15) is 25.8 Å². The highest BCUT2D eigenvalue weighted by Crippen LogP contribution is 2.23. The quantitative estimate of drug-likeness (QED) is 0.711. The van der Waals surface area contributed by atoms with Gasteiger partial charge in [-0.2, -0.15) is 0 Å². The maximum atomic E-state index is 11.5. The first kappa shape index (κ1) is 14.5. The van der Waals surface area contributed by atoms with Crippen LogP contribution in [0.25, 0.3) is 0 Å². The van der Waals surface area contributed by atoms with Crippen molar-refractivity contribution in [1.82, 2.24) is 0 Å². The summed E-state index contributed by atoms with van der Waals surface area (Å²) in [5, 5.41) is 12.0. The predicted octanol–water partition coefficient (Wildman–Crippen LogP) is 1.25. The molecule has 0 fully saturated rings. The largest absolute Gasteiger partial charge is 0.494 e. The summed E-state index contributed by atoms with van der Waals surface area (Å²) in [5.74, 6) is 0.489. The Bertz CT molecular complexity index is 405. The SMILES string of the molecule is CCOc1ccc(NC(=O)CC(C)N)cc1CO. The molecule has 0 bridgehead atoms. The standard InChI is InChI=1S/C13H20N2O3/c1-3-18-12-5-4-11(7-10(12)8-16)15-13(17)6-9(2)14/h4-5,7,9,16H,3,6,8,14H2,1-2H3,(H,15,17). The first-order valence-corrected chi connectivity index (χ1v) is 5.98. The van der Waals surface area contributed by atoms with Gasteiger partial charge in [-0.1, -0.05) is 0 Å². The van der Waals surface area contributed by atoms with Gasteiger partial charge in [0, 0.05) is 23.7 Å². The van der Waals surface area contributed by atoms with Gasteiger partial charge in [-0.3, -0.25) is 4.79 Å². The molecule has 18 heavy (non-hydrogen) atoms.